The first-order valence-electron chi connectivity index (χ1n) is 6.59. The van der Waals surface area contributed by atoms with Gasteiger partial charge in [0.15, 0.2) is 0 Å². The SMILES string of the molecule is CC(=O)Nc1ccc(OC(F)(F)F)cc1-c1ccc(C)cc1F. The Labute approximate surface area is 129 Å². The van der Waals surface area contributed by atoms with Crippen LogP contribution in [0.1, 0.15) is 12.5 Å². The van der Waals surface area contributed by atoms with Gasteiger partial charge in [0.2, 0.25) is 5.91 Å². The third-order valence-corrected chi connectivity index (χ3v) is 2.95. The number of anilines is 1. The minimum Gasteiger partial charge on any atom is -0.406 e. The van der Waals surface area contributed by atoms with Crippen LogP contribution in [0.2, 0.25) is 0 Å². The molecular formula is C16H13F4NO2. The summed E-state index contributed by atoms with van der Waals surface area (Å²) >= 11 is 0. The highest BCUT2D eigenvalue weighted by atomic mass is 19.4. The van der Waals surface area contributed by atoms with Crippen LogP contribution in [0.15, 0.2) is 36.4 Å². The van der Waals surface area contributed by atoms with Crippen LogP contribution in [0.25, 0.3) is 11.1 Å². The van der Waals surface area contributed by atoms with Crippen molar-refractivity contribution < 1.29 is 27.1 Å². The van der Waals surface area contributed by atoms with Crippen molar-refractivity contribution in [1.29, 1.82) is 0 Å². The first-order chi connectivity index (χ1) is 10.7. The lowest BCUT2D eigenvalue weighted by Crippen LogP contribution is -2.17. The van der Waals surface area contributed by atoms with Crippen molar-refractivity contribution in [1.82, 2.24) is 0 Å². The number of hydrogen-bond donors (Lipinski definition) is 1. The maximum absolute atomic E-state index is 14.1. The summed E-state index contributed by atoms with van der Waals surface area (Å²) in [5.74, 6) is -1.54. The molecule has 23 heavy (non-hydrogen) atoms. The maximum atomic E-state index is 14.1. The topological polar surface area (TPSA) is 38.3 Å². The Balaban J connectivity index is 2.55. The molecule has 0 bridgehead atoms. The van der Waals surface area contributed by atoms with E-state index in [0.717, 1.165) is 12.1 Å². The number of ether oxygens (including phenoxy) is 1. The van der Waals surface area contributed by atoms with Crippen LogP contribution in [0.3, 0.4) is 0 Å². The Morgan fingerprint density at radius 3 is 2.35 bits per heavy atom. The highest BCUT2D eigenvalue weighted by Gasteiger charge is 2.31. The molecule has 0 aliphatic carbocycles. The predicted molar refractivity (Wildman–Crippen MR) is 77.6 cm³/mol. The summed E-state index contributed by atoms with van der Waals surface area (Å²) in [6.07, 6.45) is -4.86. The largest absolute Gasteiger partial charge is 0.573 e. The summed E-state index contributed by atoms with van der Waals surface area (Å²) in [5.41, 5.74) is 1.01. The molecule has 0 heterocycles. The predicted octanol–water partition coefficient (Wildman–Crippen LogP) is 4.66. The molecule has 2 aromatic rings. The fourth-order valence-electron chi connectivity index (χ4n) is 2.08. The van der Waals surface area contributed by atoms with Crippen LogP contribution < -0.4 is 10.1 Å². The average Bonchev–Trinajstić information content (AvgIpc) is 2.38. The number of hydrogen-bond acceptors (Lipinski definition) is 2. The van der Waals surface area contributed by atoms with Gasteiger partial charge in [-0.25, -0.2) is 4.39 Å². The van der Waals surface area contributed by atoms with Gasteiger partial charge in [-0.2, -0.15) is 0 Å². The van der Waals surface area contributed by atoms with Gasteiger partial charge < -0.3 is 10.1 Å². The number of halogens is 4. The first-order valence-corrected chi connectivity index (χ1v) is 6.59. The molecule has 0 aliphatic heterocycles. The van der Waals surface area contributed by atoms with E-state index in [1.807, 2.05) is 0 Å². The first kappa shape index (κ1) is 16.8. The van der Waals surface area contributed by atoms with E-state index in [2.05, 4.69) is 10.1 Å². The molecule has 0 fully saturated rings. The lowest BCUT2D eigenvalue weighted by molar-refractivity contribution is -0.274. The molecule has 0 aromatic heterocycles. The number of aryl methyl sites for hydroxylation is 1. The van der Waals surface area contributed by atoms with Gasteiger partial charge in [0.25, 0.3) is 0 Å². The smallest absolute Gasteiger partial charge is 0.406 e. The lowest BCUT2D eigenvalue weighted by atomic mass is 10.0. The highest BCUT2D eigenvalue weighted by Crippen LogP contribution is 2.35. The Morgan fingerprint density at radius 1 is 1.09 bits per heavy atom. The minimum absolute atomic E-state index is 0.0620. The summed E-state index contributed by atoms with van der Waals surface area (Å²) in [7, 11) is 0. The Bertz CT molecular complexity index is 741. The summed E-state index contributed by atoms with van der Waals surface area (Å²) in [6, 6.07) is 7.62. The molecule has 0 spiro atoms. The fraction of sp³-hybridized carbons (Fsp3) is 0.188. The summed E-state index contributed by atoms with van der Waals surface area (Å²) in [5, 5.41) is 2.46. The zero-order chi connectivity index (χ0) is 17.2. The van der Waals surface area contributed by atoms with Gasteiger partial charge in [-0.15, -0.1) is 13.2 Å². The summed E-state index contributed by atoms with van der Waals surface area (Å²) in [4.78, 5) is 11.2. The minimum atomic E-state index is -4.86. The van der Waals surface area contributed by atoms with Crippen LogP contribution in [0.4, 0.5) is 23.2 Å². The van der Waals surface area contributed by atoms with Crippen molar-refractivity contribution in [3.8, 4) is 16.9 Å². The zero-order valence-corrected chi connectivity index (χ0v) is 12.3. The third-order valence-electron chi connectivity index (χ3n) is 2.95. The van der Waals surface area contributed by atoms with E-state index in [9.17, 15) is 22.4 Å². The van der Waals surface area contributed by atoms with E-state index in [-0.39, 0.29) is 16.8 Å². The number of rotatable bonds is 3. The number of carbonyl (C=O) groups excluding carboxylic acids is 1. The van der Waals surface area contributed by atoms with Crippen LogP contribution in [-0.2, 0) is 4.79 Å². The summed E-state index contributed by atoms with van der Waals surface area (Å²) in [6.45, 7) is 2.93. The van der Waals surface area contributed by atoms with E-state index in [1.54, 1.807) is 13.0 Å². The van der Waals surface area contributed by atoms with E-state index in [1.165, 1.54) is 25.1 Å². The Morgan fingerprint density at radius 2 is 1.78 bits per heavy atom. The molecule has 0 atom stereocenters. The lowest BCUT2D eigenvalue weighted by Gasteiger charge is -2.15. The van der Waals surface area contributed by atoms with Crippen LogP contribution in [-0.4, -0.2) is 12.3 Å². The van der Waals surface area contributed by atoms with Crippen LogP contribution >= 0.6 is 0 Å². The highest BCUT2D eigenvalue weighted by molar-refractivity contribution is 5.94. The normalized spacial score (nSPS) is 11.2. The quantitative estimate of drug-likeness (QED) is 0.833. The van der Waals surface area contributed by atoms with Crippen molar-refractivity contribution in [2.75, 3.05) is 5.32 Å². The third kappa shape index (κ3) is 4.45. The molecule has 0 unspecified atom stereocenters. The van der Waals surface area contributed by atoms with E-state index in [4.69, 9.17) is 0 Å². The van der Waals surface area contributed by atoms with Crippen molar-refractivity contribution in [3.63, 3.8) is 0 Å². The van der Waals surface area contributed by atoms with Gasteiger partial charge in [0.05, 0.1) is 0 Å². The second kappa shape index (κ2) is 6.28. The summed E-state index contributed by atoms with van der Waals surface area (Å²) < 4.78 is 55.1. The number of nitrogens with one attached hydrogen (secondary N) is 1. The van der Waals surface area contributed by atoms with Crippen molar-refractivity contribution >= 4 is 11.6 Å². The number of amides is 1. The Kier molecular flexibility index (Phi) is 4.58. The molecule has 0 saturated carbocycles. The molecule has 1 N–H and O–H groups in total. The number of alkyl halides is 3. The van der Waals surface area contributed by atoms with Crippen molar-refractivity contribution in [3.05, 3.63) is 47.8 Å². The van der Waals surface area contributed by atoms with Crippen LogP contribution in [0.5, 0.6) is 5.75 Å². The zero-order valence-electron chi connectivity index (χ0n) is 12.3. The van der Waals surface area contributed by atoms with E-state index in [0.29, 0.717) is 5.56 Å². The molecule has 7 heteroatoms. The van der Waals surface area contributed by atoms with Gasteiger partial charge in [-0.05, 0) is 36.8 Å². The van der Waals surface area contributed by atoms with Crippen molar-refractivity contribution in [2.45, 2.75) is 20.2 Å². The Hall–Kier alpha value is -2.57. The molecule has 1 amide bonds. The van der Waals surface area contributed by atoms with Gasteiger partial charge >= 0.3 is 6.36 Å². The number of carbonyl (C=O) groups is 1. The van der Waals surface area contributed by atoms with E-state index >= 15 is 0 Å². The second-order valence-electron chi connectivity index (χ2n) is 4.92. The second-order valence-corrected chi connectivity index (χ2v) is 4.92. The average molecular weight is 327 g/mol. The molecule has 0 radical (unpaired) electrons. The number of benzene rings is 2. The standard InChI is InChI=1S/C16H13F4NO2/c1-9-3-5-12(14(17)7-9)13-8-11(23-16(18,19)20)4-6-15(13)21-10(2)22/h3-8H,1-2H3,(H,21,22). The van der Waals surface area contributed by atoms with Crippen LogP contribution in [0, 0.1) is 12.7 Å². The molecule has 2 aromatic carbocycles. The van der Waals surface area contributed by atoms with Gasteiger partial charge in [-0.3, -0.25) is 4.79 Å². The maximum Gasteiger partial charge on any atom is 0.573 e. The molecule has 122 valence electrons. The van der Waals surface area contributed by atoms with Gasteiger partial charge in [0, 0.05) is 23.7 Å². The molecule has 3 nitrogen and oxygen atoms in total. The van der Waals surface area contributed by atoms with Crippen molar-refractivity contribution in [2.24, 2.45) is 0 Å². The monoisotopic (exact) mass is 327 g/mol. The van der Waals surface area contributed by atoms with E-state index < -0.39 is 23.8 Å². The fourth-order valence-corrected chi connectivity index (χ4v) is 2.08. The van der Waals surface area contributed by atoms with Gasteiger partial charge in [-0.1, -0.05) is 12.1 Å². The molecule has 0 aliphatic rings. The molecule has 2 rings (SSSR count). The molecule has 0 saturated heterocycles. The van der Waals surface area contributed by atoms with Gasteiger partial charge in [0.1, 0.15) is 11.6 Å². The molecular weight excluding hydrogens is 314 g/mol.